The first-order valence-electron chi connectivity index (χ1n) is 9.69. The van der Waals surface area contributed by atoms with Gasteiger partial charge in [0.15, 0.2) is 0 Å². The summed E-state index contributed by atoms with van der Waals surface area (Å²) >= 11 is 25.3. The van der Waals surface area contributed by atoms with Gasteiger partial charge in [0.2, 0.25) is 5.91 Å². The van der Waals surface area contributed by atoms with Crippen LogP contribution in [0, 0.1) is 0 Å². The van der Waals surface area contributed by atoms with E-state index in [2.05, 4.69) is 10.6 Å². The van der Waals surface area contributed by atoms with Gasteiger partial charge in [0.05, 0.1) is 44.1 Å². The Balaban J connectivity index is 1.73. The average Bonchev–Trinajstić information content (AvgIpc) is 2.83. The number of carboxylic acids is 1. The zero-order valence-corrected chi connectivity index (χ0v) is 21.7. The lowest BCUT2D eigenvalue weighted by Gasteiger charge is -2.14. The minimum Gasteiger partial charge on any atom is -0.497 e. The topological polar surface area (TPSA) is 105 Å². The molecule has 0 unspecified atom stereocenters. The van der Waals surface area contributed by atoms with Gasteiger partial charge in [-0.2, -0.15) is 0 Å². The van der Waals surface area contributed by atoms with E-state index in [-0.39, 0.29) is 26.7 Å². The number of benzene rings is 3. The van der Waals surface area contributed by atoms with Gasteiger partial charge in [-0.1, -0.05) is 58.5 Å². The van der Waals surface area contributed by atoms with Crippen LogP contribution in [0.3, 0.4) is 0 Å². The van der Waals surface area contributed by atoms with Crippen molar-refractivity contribution in [2.75, 3.05) is 23.5 Å². The number of anilines is 2. The second-order valence-electron chi connectivity index (χ2n) is 6.86. The van der Waals surface area contributed by atoms with Crippen LogP contribution in [0.25, 0.3) is 0 Å². The van der Waals surface area contributed by atoms with E-state index in [1.807, 2.05) is 0 Å². The molecule has 0 aliphatic heterocycles. The third-order valence-corrected chi connectivity index (χ3v) is 7.32. The molecule has 0 bridgehead atoms. The van der Waals surface area contributed by atoms with Crippen molar-refractivity contribution in [2.45, 2.75) is 4.90 Å². The molecule has 0 aliphatic rings. The van der Waals surface area contributed by atoms with Crippen molar-refractivity contribution in [3.05, 3.63) is 79.7 Å². The minimum atomic E-state index is -1.49. The number of halogens is 4. The van der Waals surface area contributed by atoms with Crippen molar-refractivity contribution in [3.8, 4) is 5.75 Å². The molecule has 0 spiro atoms. The molecule has 12 heteroatoms. The summed E-state index contributed by atoms with van der Waals surface area (Å²) in [6, 6.07) is 13.6. The zero-order valence-electron chi connectivity index (χ0n) is 17.8. The number of hydrogen-bond acceptors (Lipinski definition) is 5. The number of thioether (sulfide) groups is 1. The normalized spacial score (nSPS) is 10.5. The van der Waals surface area contributed by atoms with Gasteiger partial charge in [0.1, 0.15) is 5.75 Å². The summed E-state index contributed by atoms with van der Waals surface area (Å²) in [6.45, 7) is 0. The van der Waals surface area contributed by atoms with E-state index in [4.69, 9.17) is 51.1 Å². The van der Waals surface area contributed by atoms with E-state index in [0.29, 0.717) is 22.0 Å². The molecule has 2 amide bonds. The molecule has 35 heavy (non-hydrogen) atoms. The molecule has 3 aromatic carbocycles. The van der Waals surface area contributed by atoms with Crippen molar-refractivity contribution in [3.63, 3.8) is 0 Å². The van der Waals surface area contributed by atoms with E-state index in [0.717, 1.165) is 0 Å². The molecule has 182 valence electrons. The van der Waals surface area contributed by atoms with Crippen LogP contribution >= 0.6 is 58.2 Å². The van der Waals surface area contributed by atoms with E-state index in [1.54, 1.807) is 48.5 Å². The van der Waals surface area contributed by atoms with Crippen LogP contribution in [0.5, 0.6) is 5.75 Å². The Morgan fingerprint density at radius 3 is 2.09 bits per heavy atom. The average molecular weight is 574 g/mol. The third-order valence-electron chi connectivity index (χ3n) is 4.52. The number of hydrogen-bond donors (Lipinski definition) is 3. The molecule has 3 N–H and O–H groups in total. The highest BCUT2D eigenvalue weighted by Crippen LogP contribution is 2.42. The van der Waals surface area contributed by atoms with Crippen molar-refractivity contribution in [2.24, 2.45) is 0 Å². The highest BCUT2D eigenvalue weighted by molar-refractivity contribution is 8.00. The minimum absolute atomic E-state index is 0.103. The molecule has 0 saturated heterocycles. The molecular weight excluding hydrogens is 558 g/mol. The summed E-state index contributed by atoms with van der Waals surface area (Å²) in [4.78, 5) is 37.6. The van der Waals surface area contributed by atoms with Crippen LogP contribution in [0.15, 0.2) is 53.4 Å². The second kappa shape index (κ2) is 11.9. The summed E-state index contributed by atoms with van der Waals surface area (Å²) < 4.78 is 5.14. The maximum Gasteiger partial charge on any atom is 0.338 e. The Bertz CT molecular complexity index is 1320. The van der Waals surface area contributed by atoms with E-state index < -0.39 is 28.0 Å². The molecular formula is C23H16Cl4N2O5S. The van der Waals surface area contributed by atoms with Crippen molar-refractivity contribution in [1.29, 1.82) is 0 Å². The van der Waals surface area contributed by atoms with Crippen molar-refractivity contribution in [1.82, 2.24) is 0 Å². The van der Waals surface area contributed by atoms with Gasteiger partial charge in [0, 0.05) is 22.3 Å². The quantitative estimate of drug-likeness (QED) is 0.152. The fourth-order valence-electron chi connectivity index (χ4n) is 2.95. The number of rotatable bonds is 8. The van der Waals surface area contributed by atoms with Gasteiger partial charge in [-0.3, -0.25) is 9.59 Å². The van der Waals surface area contributed by atoms with Gasteiger partial charge in [-0.25, -0.2) is 4.79 Å². The zero-order chi connectivity index (χ0) is 25.7. The summed E-state index contributed by atoms with van der Waals surface area (Å²) in [5, 5.41) is 13.6. The first-order chi connectivity index (χ1) is 16.6. The first kappa shape index (κ1) is 27.0. The van der Waals surface area contributed by atoms with Gasteiger partial charge in [0.25, 0.3) is 5.91 Å². The number of carboxylic acid groups (broad SMARTS) is 1. The van der Waals surface area contributed by atoms with Crippen molar-refractivity contribution >= 4 is 87.3 Å². The molecule has 0 aliphatic carbocycles. The Labute approximate surface area is 224 Å². The number of carbonyl (C=O) groups is 3. The maximum atomic E-state index is 12.9. The number of carbonyl (C=O) groups excluding carboxylic acids is 2. The molecule has 0 radical (unpaired) electrons. The standard InChI is InChI=1S/C23H16Cl4N2O5S/c1-34-13-6-2-4-11(8-13)28-15(30)10-35-14-7-3-5-12(9-14)29-22(31)16-17(23(32)33)19(25)21(27)20(26)18(16)24/h2-9H,10H2,1H3,(H,28,30)(H,29,31)(H,32,33). The SMILES string of the molecule is COc1cccc(NC(=O)CSc2cccc(NC(=O)c3c(Cl)c(Cl)c(Cl)c(Cl)c3C(=O)O)c2)c1. The summed E-state index contributed by atoms with van der Waals surface area (Å²) in [5.41, 5.74) is -0.0530. The van der Waals surface area contributed by atoms with Crippen LogP contribution in [0.4, 0.5) is 11.4 Å². The summed E-state index contributed by atoms with van der Waals surface area (Å²) in [6.07, 6.45) is 0. The molecule has 0 atom stereocenters. The predicted octanol–water partition coefficient (Wildman–Crippen LogP) is 6.99. The van der Waals surface area contributed by atoms with E-state index in [9.17, 15) is 19.5 Å². The van der Waals surface area contributed by atoms with Crippen LogP contribution in [0.1, 0.15) is 20.7 Å². The lowest BCUT2D eigenvalue weighted by Crippen LogP contribution is -2.18. The summed E-state index contributed by atoms with van der Waals surface area (Å²) in [5.74, 6) is -1.85. The van der Waals surface area contributed by atoms with Gasteiger partial charge < -0.3 is 20.5 Å². The summed E-state index contributed by atoms with van der Waals surface area (Å²) in [7, 11) is 1.54. The Kier molecular flexibility index (Phi) is 9.15. The Hall–Kier alpha value is -2.62. The number of aromatic carboxylic acids is 1. The number of ether oxygens (including phenoxy) is 1. The van der Waals surface area contributed by atoms with Gasteiger partial charge in [-0.05, 0) is 30.3 Å². The fourth-order valence-corrected chi connectivity index (χ4v) is 4.72. The molecule has 0 heterocycles. The number of amides is 2. The molecule has 3 aromatic rings. The van der Waals surface area contributed by atoms with E-state index in [1.165, 1.54) is 18.9 Å². The first-order valence-corrected chi connectivity index (χ1v) is 12.2. The molecule has 7 nitrogen and oxygen atoms in total. The largest absolute Gasteiger partial charge is 0.497 e. The Morgan fingerprint density at radius 2 is 1.46 bits per heavy atom. The van der Waals surface area contributed by atoms with Crippen LogP contribution in [-0.4, -0.2) is 35.8 Å². The highest BCUT2D eigenvalue weighted by Gasteiger charge is 2.29. The van der Waals surface area contributed by atoms with Crippen LogP contribution in [0.2, 0.25) is 20.1 Å². The molecule has 0 saturated carbocycles. The third kappa shape index (κ3) is 6.54. The number of methoxy groups -OCH3 is 1. The van der Waals surface area contributed by atoms with Crippen LogP contribution < -0.4 is 15.4 Å². The monoisotopic (exact) mass is 572 g/mol. The van der Waals surface area contributed by atoms with Crippen molar-refractivity contribution < 1.29 is 24.2 Å². The lowest BCUT2D eigenvalue weighted by atomic mass is 10.1. The lowest BCUT2D eigenvalue weighted by molar-refractivity contribution is -0.113. The fraction of sp³-hybridized carbons (Fsp3) is 0.0870. The Morgan fingerprint density at radius 1 is 0.857 bits per heavy atom. The second-order valence-corrected chi connectivity index (χ2v) is 9.42. The smallest absolute Gasteiger partial charge is 0.338 e. The molecule has 0 fully saturated rings. The van der Waals surface area contributed by atoms with E-state index >= 15 is 0 Å². The van der Waals surface area contributed by atoms with Crippen LogP contribution in [-0.2, 0) is 4.79 Å². The predicted molar refractivity (Wildman–Crippen MR) is 140 cm³/mol. The molecule has 0 aromatic heterocycles. The molecule has 3 rings (SSSR count). The number of nitrogens with one attached hydrogen (secondary N) is 2. The van der Waals surface area contributed by atoms with Gasteiger partial charge >= 0.3 is 5.97 Å². The van der Waals surface area contributed by atoms with Gasteiger partial charge in [-0.15, -0.1) is 11.8 Å². The highest BCUT2D eigenvalue weighted by atomic mass is 35.5. The maximum absolute atomic E-state index is 12.9.